The second kappa shape index (κ2) is 3.99. The molecule has 0 amide bonds. The van der Waals surface area contributed by atoms with Gasteiger partial charge in [-0.05, 0) is 45.5 Å². The molecule has 0 saturated carbocycles. The zero-order valence-electron chi connectivity index (χ0n) is 8.91. The lowest BCUT2D eigenvalue weighted by Crippen LogP contribution is -2.02. The highest BCUT2D eigenvalue weighted by Crippen LogP contribution is 2.34. The molecule has 3 rings (SSSR count). The van der Waals surface area contributed by atoms with Gasteiger partial charge >= 0.3 is 5.97 Å². The summed E-state index contributed by atoms with van der Waals surface area (Å²) in [5.41, 5.74) is 1.51. The molecule has 0 aliphatic rings. The van der Waals surface area contributed by atoms with Crippen LogP contribution in [0.1, 0.15) is 10.5 Å². The molecule has 0 aliphatic carbocycles. The van der Waals surface area contributed by atoms with Gasteiger partial charge in [0.15, 0.2) is 0 Å². The molecule has 1 aromatic carbocycles. The van der Waals surface area contributed by atoms with Gasteiger partial charge in [0.05, 0.1) is 10.7 Å². The first kappa shape index (κ1) is 11.0. The van der Waals surface area contributed by atoms with Crippen LogP contribution in [0.15, 0.2) is 23.6 Å². The van der Waals surface area contributed by atoms with Gasteiger partial charge in [-0.3, -0.25) is 0 Å². The number of aromatic nitrogens is 1. The summed E-state index contributed by atoms with van der Waals surface area (Å²) in [6.45, 7) is 0. The molecule has 1 N–H and O–H groups in total. The van der Waals surface area contributed by atoms with E-state index >= 15 is 0 Å². The van der Waals surface area contributed by atoms with Crippen LogP contribution in [0.4, 0.5) is 0 Å². The third kappa shape index (κ3) is 1.56. The van der Waals surface area contributed by atoms with Gasteiger partial charge in [-0.2, -0.15) is 0 Å². The molecule has 3 nitrogen and oxygen atoms in total. The summed E-state index contributed by atoms with van der Waals surface area (Å²) in [6, 6.07) is 6.14. The highest BCUT2D eigenvalue weighted by atomic mass is 127. The smallest absolute Gasteiger partial charge is 0.355 e. The van der Waals surface area contributed by atoms with Crippen LogP contribution in [0.2, 0.25) is 0 Å². The van der Waals surface area contributed by atoms with E-state index in [9.17, 15) is 4.79 Å². The Morgan fingerprint density at radius 2 is 2.24 bits per heavy atom. The Balaban J connectivity index is 2.43. The molecule has 0 unspecified atom stereocenters. The molecule has 0 saturated heterocycles. The van der Waals surface area contributed by atoms with E-state index in [1.165, 1.54) is 17.2 Å². The van der Waals surface area contributed by atoms with Crippen LogP contribution >= 0.6 is 33.9 Å². The van der Waals surface area contributed by atoms with Gasteiger partial charge in [0.2, 0.25) is 0 Å². The maximum atomic E-state index is 11.6. The number of nitrogens with one attached hydrogen (secondary N) is 1. The summed E-state index contributed by atoms with van der Waals surface area (Å²) in [5.74, 6) is -0.324. The van der Waals surface area contributed by atoms with Crippen LogP contribution in [0.5, 0.6) is 0 Å². The number of methoxy groups -OCH3 is 1. The van der Waals surface area contributed by atoms with E-state index in [2.05, 4.69) is 45.1 Å². The van der Waals surface area contributed by atoms with Gasteiger partial charge < -0.3 is 9.72 Å². The van der Waals surface area contributed by atoms with Crippen LogP contribution in [0, 0.1) is 3.57 Å². The standard InChI is InChI=1S/C12H8INO2S/c1-16-12(15)10-9(13)8-7(14-10)3-2-6-4-5-17-11(6)8/h2-5,14H,1H3. The van der Waals surface area contributed by atoms with E-state index in [-0.39, 0.29) is 5.97 Å². The summed E-state index contributed by atoms with van der Waals surface area (Å²) in [6.07, 6.45) is 0. The first-order chi connectivity index (χ1) is 8.22. The number of aromatic amines is 1. The van der Waals surface area contributed by atoms with Crippen molar-refractivity contribution in [2.75, 3.05) is 7.11 Å². The number of hydrogen-bond acceptors (Lipinski definition) is 3. The van der Waals surface area contributed by atoms with Crippen LogP contribution in [0.3, 0.4) is 0 Å². The lowest BCUT2D eigenvalue weighted by Gasteiger charge is -1.95. The van der Waals surface area contributed by atoms with Crippen molar-refractivity contribution in [3.8, 4) is 0 Å². The van der Waals surface area contributed by atoms with Crippen LogP contribution < -0.4 is 0 Å². The van der Waals surface area contributed by atoms with Gasteiger partial charge in [-0.1, -0.05) is 6.07 Å². The molecular formula is C12H8INO2S. The predicted molar refractivity (Wildman–Crippen MR) is 77.7 cm³/mol. The number of carbonyl (C=O) groups is 1. The summed E-state index contributed by atoms with van der Waals surface area (Å²) in [5, 5.41) is 4.37. The normalized spacial score (nSPS) is 11.2. The average molecular weight is 357 g/mol. The van der Waals surface area contributed by atoms with Crippen molar-refractivity contribution in [2.45, 2.75) is 0 Å². The second-order valence-electron chi connectivity index (χ2n) is 3.63. The number of rotatable bonds is 1. The maximum absolute atomic E-state index is 11.6. The molecule has 2 heterocycles. The van der Waals surface area contributed by atoms with Gasteiger partial charge in [-0.25, -0.2) is 4.79 Å². The minimum Gasteiger partial charge on any atom is -0.464 e. The zero-order valence-corrected chi connectivity index (χ0v) is 11.9. The van der Waals surface area contributed by atoms with Crippen molar-refractivity contribution in [1.29, 1.82) is 0 Å². The quantitative estimate of drug-likeness (QED) is 0.532. The van der Waals surface area contributed by atoms with E-state index in [4.69, 9.17) is 4.74 Å². The van der Waals surface area contributed by atoms with Crippen molar-refractivity contribution < 1.29 is 9.53 Å². The lowest BCUT2D eigenvalue weighted by molar-refractivity contribution is 0.0594. The van der Waals surface area contributed by atoms with Crippen LogP contribution in [-0.2, 0) is 4.74 Å². The van der Waals surface area contributed by atoms with Crippen molar-refractivity contribution in [3.05, 3.63) is 32.8 Å². The Labute approximate surface area is 115 Å². The predicted octanol–water partition coefficient (Wildman–Crippen LogP) is 3.77. The number of thiophene rings is 1. The fourth-order valence-corrected chi connectivity index (χ4v) is 3.96. The SMILES string of the molecule is COC(=O)c1[nH]c2ccc3ccsc3c2c1I. The number of esters is 1. The molecule has 0 bridgehead atoms. The minimum absolute atomic E-state index is 0.324. The molecular weight excluding hydrogens is 349 g/mol. The number of halogens is 1. The number of ether oxygens (including phenoxy) is 1. The van der Waals surface area contributed by atoms with Crippen molar-refractivity contribution in [1.82, 2.24) is 4.98 Å². The Hall–Kier alpha value is -1.08. The topological polar surface area (TPSA) is 42.1 Å². The summed E-state index contributed by atoms with van der Waals surface area (Å²) >= 11 is 3.88. The molecule has 5 heteroatoms. The maximum Gasteiger partial charge on any atom is 0.355 e. The lowest BCUT2D eigenvalue weighted by atomic mass is 10.2. The molecule has 17 heavy (non-hydrogen) atoms. The van der Waals surface area contributed by atoms with E-state index in [0.29, 0.717) is 5.69 Å². The average Bonchev–Trinajstić information content (AvgIpc) is 2.92. The summed E-state index contributed by atoms with van der Waals surface area (Å²) in [4.78, 5) is 14.7. The second-order valence-corrected chi connectivity index (χ2v) is 5.63. The fourth-order valence-electron chi connectivity index (χ4n) is 1.91. The number of H-pyrrole nitrogens is 1. The molecule has 0 aliphatic heterocycles. The molecule has 0 atom stereocenters. The Morgan fingerprint density at radius 3 is 3.00 bits per heavy atom. The molecule has 0 spiro atoms. The number of hydrogen-bond donors (Lipinski definition) is 1. The third-order valence-electron chi connectivity index (χ3n) is 2.71. The summed E-state index contributed by atoms with van der Waals surface area (Å²) < 4.78 is 6.90. The minimum atomic E-state index is -0.324. The van der Waals surface area contributed by atoms with Crippen molar-refractivity contribution in [2.24, 2.45) is 0 Å². The van der Waals surface area contributed by atoms with Gasteiger partial charge in [0.25, 0.3) is 0 Å². The van der Waals surface area contributed by atoms with Gasteiger partial charge in [0, 0.05) is 15.6 Å². The fraction of sp³-hybridized carbons (Fsp3) is 0.0833. The number of fused-ring (bicyclic) bond motifs is 3. The third-order valence-corrected chi connectivity index (χ3v) is 4.74. The monoisotopic (exact) mass is 357 g/mol. The molecule has 2 aromatic heterocycles. The van der Waals surface area contributed by atoms with Crippen molar-refractivity contribution in [3.63, 3.8) is 0 Å². The largest absolute Gasteiger partial charge is 0.464 e. The number of carbonyl (C=O) groups excluding carboxylic acids is 1. The highest BCUT2D eigenvalue weighted by Gasteiger charge is 2.18. The van der Waals surface area contributed by atoms with E-state index in [0.717, 1.165) is 14.5 Å². The highest BCUT2D eigenvalue weighted by molar-refractivity contribution is 14.1. The Morgan fingerprint density at radius 1 is 1.41 bits per heavy atom. The summed E-state index contributed by atoms with van der Waals surface area (Å²) in [7, 11) is 1.39. The first-order valence-electron chi connectivity index (χ1n) is 4.98. The van der Waals surface area contributed by atoms with E-state index in [1.54, 1.807) is 11.3 Å². The van der Waals surface area contributed by atoms with Gasteiger partial charge in [-0.15, -0.1) is 11.3 Å². The zero-order chi connectivity index (χ0) is 12.0. The molecule has 0 radical (unpaired) electrons. The van der Waals surface area contributed by atoms with Crippen molar-refractivity contribution >= 4 is 60.9 Å². The first-order valence-corrected chi connectivity index (χ1v) is 6.94. The Kier molecular flexibility index (Phi) is 2.59. The van der Waals surface area contributed by atoms with Crippen LogP contribution in [0.25, 0.3) is 21.0 Å². The van der Waals surface area contributed by atoms with E-state index in [1.807, 2.05) is 6.07 Å². The number of benzene rings is 1. The van der Waals surface area contributed by atoms with E-state index < -0.39 is 0 Å². The van der Waals surface area contributed by atoms with Gasteiger partial charge in [0.1, 0.15) is 5.69 Å². The molecule has 0 fully saturated rings. The molecule has 3 aromatic rings. The molecule has 86 valence electrons. The van der Waals surface area contributed by atoms with Crippen LogP contribution in [-0.4, -0.2) is 18.1 Å². The Bertz CT molecular complexity index is 729.